The van der Waals surface area contributed by atoms with Crippen LogP contribution in [0.2, 0.25) is 0 Å². The molecule has 1 N–H and O–H groups in total. The number of aliphatic hydroxyl groups is 1. The molecule has 0 radical (unpaired) electrons. The fraction of sp³-hybridized carbons (Fsp3) is 0.0455. The Balaban J connectivity index is 1.95. The molecule has 0 spiro atoms. The van der Waals surface area contributed by atoms with Crippen LogP contribution in [0.5, 0.6) is 0 Å². The van der Waals surface area contributed by atoms with E-state index in [9.17, 15) is 19.1 Å². The molecule has 0 aliphatic carbocycles. The average molecular weight is 374 g/mol. The van der Waals surface area contributed by atoms with Crippen LogP contribution < -0.4 is 4.90 Å². The highest BCUT2D eigenvalue weighted by atomic mass is 19.1. The number of ketones is 1. The number of aliphatic hydroxyl groups excluding tert-OH is 1. The summed E-state index contributed by atoms with van der Waals surface area (Å²) in [4.78, 5) is 31.1. The van der Waals surface area contributed by atoms with Gasteiger partial charge in [0.2, 0.25) is 0 Å². The van der Waals surface area contributed by atoms with Gasteiger partial charge in [-0.15, -0.1) is 0 Å². The number of nitrogens with zero attached hydrogens (tertiary/aromatic N) is 2. The Morgan fingerprint density at radius 2 is 1.61 bits per heavy atom. The van der Waals surface area contributed by atoms with Crippen molar-refractivity contribution in [2.45, 2.75) is 6.04 Å². The Labute approximate surface area is 160 Å². The van der Waals surface area contributed by atoms with Crippen molar-refractivity contribution in [3.8, 4) is 0 Å². The van der Waals surface area contributed by atoms with Gasteiger partial charge >= 0.3 is 5.91 Å². The average Bonchev–Trinajstić information content (AvgIpc) is 3.00. The lowest BCUT2D eigenvalue weighted by Gasteiger charge is -2.24. The van der Waals surface area contributed by atoms with Crippen LogP contribution in [0.1, 0.15) is 17.2 Å². The van der Waals surface area contributed by atoms with Gasteiger partial charge in [0.05, 0.1) is 11.6 Å². The summed E-state index contributed by atoms with van der Waals surface area (Å²) in [7, 11) is 0. The molecule has 0 bridgehead atoms. The van der Waals surface area contributed by atoms with Crippen molar-refractivity contribution >= 4 is 23.3 Å². The lowest BCUT2D eigenvalue weighted by molar-refractivity contribution is -0.132. The van der Waals surface area contributed by atoms with E-state index in [4.69, 9.17) is 0 Å². The summed E-state index contributed by atoms with van der Waals surface area (Å²) in [6.07, 6.45) is 1.51. The quantitative estimate of drug-likeness (QED) is 0.430. The second kappa shape index (κ2) is 7.08. The molecule has 2 heterocycles. The second-order valence-electron chi connectivity index (χ2n) is 6.27. The van der Waals surface area contributed by atoms with Gasteiger partial charge in [-0.05, 0) is 29.8 Å². The maximum absolute atomic E-state index is 13.4. The molecule has 1 aliphatic heterocycles. The summed E-state index contributed by atoms with van der Waals surface area (Å²) in [6, 6.07) is 18.0. The van der Waals surface area contributed by atoms with Crippen LogP contribution in [0.15, 0.2) is 84.6 Å². The van der Waals surface area contributed by atoms with Gasteiger partial charge in [0.25, 0.3) is 5.78 Å². The molecule has 5 nitrogen and oxygen atoms in total. The summed E-state index contributed by atoms with van der Waals surface area (Å²) in [5, 5.41) is 10.8. The van der Waals surface area contributed by atoms with Crippen LogP contribution in [-0.4, -0.2) is 21.8 Å². The molecule has 1 fully saturated rings. The van der Waals surface area contributed by atoms with Crippen molar-refractivity contribution < 1.29 is 19.1 Å². The Morgan fingerprint density at radius 3 is 2.25 bits per heavy atom. The smallest absolute Gasteiger partial charge is 0.301 e. The predicted molar refractivity (Wildman–Crippen MR) is 102 cm³/mol. The van der Waals surface area contributed by atoms with Gasteiger partial charge in [-0.3, -0.25) is 14.5 Å². The van der Waals surface area contributed by atoms with Crippen molar-refractivity contribution in [3.63, 3.8) is 0 Å². The molecule has 0 saturated carbocycles. The van der Waals surface area contributed by atoms with Gasteiger partial charge in [0.1, 0.15) is 17.4 Å². The van der Waals surface area contributed by atoms with Gasteiger partial charge in [0.15, 0.2) is 0 Å². The maximum atomic E-state index is 13.4. The number of carbonyl (C=O) groups is 2. The molecule has 3 aromatic rings. The molecule has 1 amide bonds. The summed E-state index contributed by atoms with van der Waals surface area (Å²) in [6.45, 7) is 0. The number of hydrogen-bond donors (Lipinski definition) is 1. The van der Waals surface area contributed by atoms with E-state index in [2.05, 4.69) is 4.98 Å². The predicted octanol–water partition coefficient (Wildman–Crippen LogP) is 3.85. The number of halogens is 1. The number of Topliss-reactive ketones (excluding diaryl/α,β-unsaturated/α-hetero) is 1. The molecule has 2 aromatic carbocycles. The summed E-state index contributed by atoms with van der Waals surface area (Å²) < 4.78 is 13.4. The third-order valence-corrected chi connectivity index (χ3v) is 4.57. The molecule has 1 aromatic heterocycles. The van der Waals surface area contributed by atoms with E-state index >= 15 is 0 Å². The third kappa shape index (κ3) is 2.95. The monoisotopic (exact) mass is 374 g/mol. The highest BCUT2D eigenvalue weighted by Crippen LogP contribution is 2.41. The first kappa shape index (κ1) is 17.6. The first-order valence-corrected chi connectivity index (χ1v) is 8.61. The topological polar surface area (TPSA) is 70.5 Å². The molecule has 0 unspecified atom stereocenters. The van der Waals surface area contributed by atoms with Gasteiger partial charge in [-0.25, -0.2) is 9.37 Å². The highest BCUT2D eigenvalue weighted by molar-refractivity contribution is 6.51. The number of amides is 1. The largest absolute Gasteiger partial charge is 0.507 e. The molecule has 1 atom stereocenters. The number of anilines is 1. The Kier molecular flexibility index (Phi) is 4.45. The van der Waals surface area contributed by atoms with Gasteiger partial charge in [0, 0.05) is 11.8 Å². The van der Waals surface area contributed by atoms with Crippen LogP contribution in [0.4, 0.5) is 10.2 Å². The highest BCUT2D eigenvalue weighted by Gasteiger charge is 2.47. The van der Waals surface area contributed by atoms with Crippen molar-refractivity contribution in [2.24, 2.45) is 0 Å². The molecule has 1 aliphatic rings. The fourth-order valence-electron chi connectivity index (χ4n) is 3.28. The van der Waals surface area contributed by atoms with E-state index < -0.39 is 23.5 Å². The minimum atomic E-state index is -0.921. The molecule has 138 valence electrons. The Bertz CT molecular complexity index is 1060. The number of carbonyl (C=O) groups excluding carboxylic acids is 2. The number of pyridine rings is 1. The summed E-state index contributed by atoms with van der Waals surface area (Å²) in [5.41, 5.74) is 0.839. The van der Waals surface area contributed by atoms with Crippen LogP contribution in [-0.2, 0) is 9.59 Å². The molecule has 4 rings (SSSR count). The Morgan fingerprint density at radius 1 is 0.929 bits per heavy atom. The van der Waals surface area contributed by atoms with Crippen LogP contribution in [0, 0.1) is 5.82 Å². The third-order valence-electron chi connectivity index (χ3n) is 4.57. The van der Waals surface area contributed by atoms with E-state index in [1.807, 2.05) is 0 Å². The van der Waals surface area contributed by atoms with Gasteiger partial charge in [-0.1, -0.05) is 48.5 Å². The number of hydrogen-bond acceptors (Lipinski definition) is 4. The zero-order valence-corrected chi connectivity index (χ0v) is 14.6. The summed E-state index contributed by atoms with van der Waals surface area (Å²) in [5.74, 6) is -2.08. The van der Waals surface area contributed by atoms with Crippen LogP contribution >= 0.6 is 0 Å². The molecular formula is C22H15FN2O3. The fourth-order valence-corrected chi connectivity index (χ4v) is 3.28. The van der Waals surface area contributed by atoms with E-state index in [0.717, 1.165) is 0 Å². The SMILES string of the molecule is O=C1C(=O)N(c2ccccn2)[C@@H](c2ccc(F)cc2)C1=C(O)c1ccccc1. The second-order valence-corrected chi connectivity index (χ2v) is 6.27. The zero-order valence-electron chi connectivity index (χ0n) is 14.6. The lowest BCUT2D eigenvalue weighted by atomic mass is 9.95. The molecule has 1 saturated heterocycles. The molecule has 28 heavy (non-hydrogen) atoms. The lowest BCUT2D eigenvalue weighted by Crippen LogP contribution is -2.30. The van der Waals surface area contributed by atoms with Crippen molar-refractivity contribution in [1.29, 1.82) is 0 Å². The minimum Gasteiger partial charge on any atom is -0.507 e. The number of benzene rings is 2. The van der Waals surface area contributed by atoms with Gasteiger partial charge in [-0.2, -0.15) is 0 Å². The van der Waals surface area contributed by atoms with Crippen LogP contribution in [0.3, 0.4) is 0 Å². The first-order valence-electron chi connectivity index (χ1n) is 8.61. The standard InChI is InChI=1S/C22H15FN2O3/c23-16-11-9-14(10-12-16)19-18(20(26)15-6-2-1-3-7-15)21(27)22(28)25(19)17-8-4-5-13-24-17/h1-13,19,26H/t19-/m0/s1. The maximum Gasteiger partial charge on any atom is 0.301 e. The van der Waals surface area contributed by atoms with Gasteiger partial charge < -0.3 is 5.11 Å². The number of rotatable bonds is 3. The minimum absolute atomic E-state index is 0.0616. The summed E-state index contributed by atoms with van der Waals surface area (Å²) >= 11 is 0. The first-order chi connectivity index (χ1) is 13.6. The molecular weight excluding hydrogens is 359 g/mol. The van der Waals surface area contributed by atoms with E-state index in [-0.39, 0.29) is 17.2 Å². The Hall–Kier alpha value is -3.80. The van der Waals surface area contributed by atoms with Crippen molar-refractivity contribution in [1.82, 2.24) is 4.98 Å². The normalized spacial score (nSPS) is 18.5. The van der Waals surface area contributed by atoms with Crippen LogP contribution in [0.25, 0.3) is 5.76 Å². The van der Waals surface area contributed by atoms with E-state index in [0.29, 0.717) is 11.1 Å². The van der Waals surface area contributed by atoms with Crippen molar-refractivity contribution in [3.05, 3.63) is 102 Å². The van der Waals surface area contributed by atoms with E-state index in [1.54, 1.807) is 48.5 Å². The van der Waals surface area contributed by atoms with E-state index in [1.165, 1.54) is 35.4 Å². The van der Waals surface area contributed by atoms with Crippen molar-refractivity contribution in [2.75, 3.05) is 4.90 Å². The molecule has 6 heteroatoms. The zero-order chi connectivity index (χ0) is 19.7. The number of aromatic nitrogens is 1.